The van der Waals surface area contributed by atoms with Crippen LogP contribution in [0.15, 0.2) is 18.2 Å². The van der Waals surface area contributed by atoms with Gasteiger partial charge in [0.25, 0.3) is 0 Å². The molecule has 0 aromatic heterocycles. The number of rotatable bonds is 1. The van der Waals surface area contributed by atoms with Crippen molar-refractivity contribution in [1.29, 1.82) is 0 Å². The van der Waals surface area contributed by atoms with Gasteiger partial charge in [-0.15, -0.1) is 0 Å². The van der Waals surface area contributed by atoms with Crippen LogP contribution < -0.4 is 5.46 Å². The Bertz CT molecular complexity index is 315. The molecule has 1 aromatic carbocycles. The molecule has 0 N–H and O–H groups in total. The van der Waals surface area contributed by atoms with Crippen LogP contribution in [0.4, 0.5) is 0 Å². The van der Waals surface area contributed by atoms with E-state index in [0.29, 0.717) is 0 Å². The monoisotopic (exact) mass is 170 g/mol. The highest BCUT2D eigenvalue weighted by Gasteiger charge is 2.24. The normalized spacial score (nSPS) is 20.7. The van der Waals surface area contributed by atoms with E-state index in [1.54, 1.807) is 0 Å². The first-order valence-electron chi connectivity index (χ1n) is 5.07. The highest BCUT2D eigenvalue weighted by Crippen LogP contribution is 2.37. The SMILES string of the molecule is [B]c1ccc2c(c1)[C@H](C(C)C)CC2. The Labute approximate surface area is 81.8 Å². The minimum atomic E-state index is 0.735. The predicted molar refractivity (Wildman–Crippen MR) is 57.7 cm³/mol. The Morgan fingerprint density at radius 2 is 2.15 bits per heavy atom. The van der Waals surface area contributed by atoms with E-state index in [1.165, 1.54) is 24.0 Å². The van der Waals surface area contributed by atoms with Crippen LogP contribution in [0, 0.1) is 5.92 Å². The molecule has 1 aliphatic rings. The van der Waals surface area contributed by atoms with Crippen molar-refractivity contribution in [3.05, 3.63) is 29.3 Å². The molecule has 0 bridgehead atoms. The van der Waals surface area contributed by atoms with Gasteiger partial charge in [0.1, 0.15) is 7.85 Å². The van der Waals surface area contributed by atoms with Gasteiger partial charge in [-0.05, 0) is 35.8 Å². The summed E-state index contributed by atoms with van der Waals surface area (Å²) in [6.45, 7) is 4.59. The molecule has 0 aliphatic heterocycles. The molecule has 0 heterocycles. The van der Waals surface area contributed by atoms with Crippen molar-refractivity contribution in [2.45, 2.75) is 32.6 Å². The molecular formula is C12H15B. The smallest absolute Gasteiger partial charge is 0.0964 e. The first-order valence-corrected chi connectivity index (χ1v) is 5.07. The number of benzene rings is 1. The van der Waals surface area contributed by atoms with E-state index < -0.39 is 0 Å². The minimum Gasteiger partial charge on any atom is -0.0964 e. The third kappa shape index (κ3) is 1.52. The Kier molecular flexibility index (Phi) is 2.19. The summed E-state index contributed by atoms with van der Waals surface area (Å²) < 4.78 is 0. The van der Waals surface area contributed by atoms with Crippen LogP contribution in [0.1, 0.15) is 37.3 Å². The van der Waals surface area contributed by atoms with Gasteiger partial charge < -0.3 is 0 Å². The topological polar surface area (TPSA) is 0 Å². The standard InChI is InChI=1S/C12H15B/c1-8(2)11-6-4-9-3-5-10(13)7-12(9)11/h3,5,7-8,11H,4,6H2,1-2H3/t11-/m0/s1. The van der Waals surface area contributed by atoms with Gasteiger partial charge in [-0.25, -0.2) is 0 Å². The fourth-order valence-corrected chi connectivity index (χ4v) is 2.35. The molecule has 1 aromatic rings. The molecule has 13 heavy (non-hydrogen) atoms. The van der Waals surface area contributed by atoms with Crippen LogP contribution in [0.3, 0.4) is 0 Å². The molecule has 1 atom stereocenters. The molecule has 0 spiro atoms. The third-order valence-corrected chi connectivity index (χ3v) is 3.10. The molecule has 0 saturated heterocycles. The zero-order valence-electron chi connectivity index (χ0n) is 8.38. The van der Waals surface area contributed by atoms with Gasteiger partial charge in [0.05, 0.1) is 0 Å². The molecule has 2 rings (SSSR count). The maximum atomic E-state index is 5.79. The second-order valence-corrected chi connectivity index (χ2v) is 4.35. The Morgan fingerprint density at radius 3 is 2.85 bits per heavy atom. The van der Waals surface area contributed by atoms with Crippen LogP contribution in [0.25, 0.3) is 0 Å². The largest absolute Gasteiger partial charge is 0.113 e. The van der Waals surface area contributed by atoms with Crippen molar-refractivity contribution < 1.29 is 0 Å². The number of fused-ring (bicyclic) bond motifs is 1. The molecule has 0 amide bonds. The summed E-state index contributed by atoms with van der Waals surface area (Å²) in [5.74, 6) is 1.47. The lowest BCUT2D eigenvalue weighted by molar-refractivity contribution is 0.496. The van der Waals surface area contributed by atoms with E-state index in [1.807, 2.05) is 6.07 Å². The van der Waals surface area contributed by atoms with E-state index in [4.69, 9.17) is 7.85 Å². The summed E-state index contributed by atoms with van der Waals surface area (Å²) in [7, 11) is 5.79. The first-order chi connectivity index (χ1) is 6.18. The van der Waals surface area contributed by atoms with E-state index in [-0.39, 0.29) is 0 Å². The van der Waals surface area contributed by atoms with Crippen LogP contribution in [0.2, 0.25) is 0 Å². The van der Waals surface area contributed by atoms with Gasteiger partial charge in [-0.3, -0.25) is 0 Å². The molecule has 1 heteroatoms. The summed E-state index contributed by atoms with van der Waals surface area (Å²) in [5, 5.41) is 0. The second kappa shape index (κ2) is 3.21. The van der Waals surface area contributed by atoms with E-state index in [0.717, 1.165) is 17.3 Å². The highest BCUT2D eigenvalue weighted by molar-refractivity contribution is 6.32. The van der Waals surface area contributed by atoms with Crippen molar-refractivity contribution in [2.75, 3.05) is 0 Å². The average Bonchev–Trinajstić information content (AvgIpc) is 2.46. The quantitative estimate of drug-likeness (QED) is 0.566. The van der Waals surface area contributed by atoms with E-state index >= 15 is 0 Å². The summed E-state index contributed by atoms with van der Waals surface area (Å²) in [5.41, 5.74) is 3.91. The lowest BCUT2D eigenvalue weighted by atomic mass is 9.86. The molecule has 0 saturated carbocycles. The summed E-state index contributed by atoms with van der Waals surface area (Å²) in [6, 6.07) is 6.36. The van der Waals surface area contributed by atoms with Crippen molar-refractivity contribution in [2.24, 2.45) is 5.92 Å². The Morgan fingerprint density at radius 1 is 1.38 bits per heavy atom. The van der Waals surface area contributed by atoms with E-state index in [9.17, 15) is 0 Å². The van der Waals surface area contributed by atoms with Gasteiger partial charge in [-0.1, -0.05) is 37.5 Å². The zero-order chi connectivity index (χ0) is 9.42. The van der Waals surface area contributed by atoms with Gasteiger partial charge in [-0.2, -0.15) is 0 Å². The fourth-order valence-electron chi connectivity index (χ4n) is 2.35. The lowest BCUT2D eigenvalue weighted by Gasteiger charge is -2.15. The maximum Gasteiger partial charge on any atom is 0.113 e. The average molecular weight is 170 g/mol. The molecule has 0 nitrogen and oxygen atoms in total. The highest BCUT2D eigenvalue weighted by atomic mass is 14.3. The van der Waals surface area contributed by atoms with Crippen LogP contribution in [-0.4, -0.2) is 7.85 Å². The fraction of sp³-hybridized carbons (Fsp3) is 0.500. The van der Waals surface area contributed by atoms with Crippen molar-refractivity contribution in [3.63, 3.8) is 0 Å². The van der Waals surface area contributed by atoms with Crippen molar-refractivity contribution in [3.8, 4) is 0 Å². The molecule has 0 unspecified atom stereocenters. The molecule has 66 valence electrons. The minimum absolute atomic E-state index is 0.735. The number of hydrogen-bond donors (Lipinski definition) is 0. The van der Waals surface area contributed by atoms with Crippen molar-refractivity contribution >= 4 is 13.3 Å². The zero-order valence-corrected chi connectivity index (χ0v) is 8.38. The van der Waals surface area contributed by atoms with Crippen LogP contribution in [-0.2, 0) is 6.42 Å². The second-order valence-electron chi connectivity index (χ2n) is 4.35. The predicted octanol–water partition coefficient (Wildman–Crippen LogP) is 2.17. The van der Waals surface area contributed by atoms with Gasteiger partial charge >= 0.3 is 0 Å². The lowest BCUT2D eigenvalue weighted by Crippen LogP contribution is -2.07. The molecule has 1 aliphatic carbocycles. The molecular weight excluding hydrogens is 155 g/mol. The third-order valence-electron chi connectivity index (χ3n) is 3.10. The maximum absolute atomic E-state index is 5.79. The Balaban J connectivity index is 2.40. The van der Waals surface area contributed by atoms with Crippen molar-refractivity contribution in [1.82, 2.24) is 0 Å². The number of hydrogen-bond acceptors (Lipinski definition) is 0. The van der Waals surface area contributed by atoms with Gasteiger partial charge in [0.2, 0.25) is 0 Å². The summed E-state index contributed by atoms with van der Waals surface area (Å²) >= 11 is 0. The summed E-state index contributed by atoms with van der Waals surface area (Å²) in [4.78, 5) is 0. The Hall–Kier alpha value is -0.715. The molecule has 0 fully saturated rings. The molecule has 2 radical (unpaired) electrons. The van der Waals surface area contributed by atoms with E-state index in [2.05, 4.69) is 26.0 Å². The van der Waals surface area contributed by atoms with Crippen LogP contribution in [0.5, 0.6) is 0 Å². The van der Waals surface area contributed by atoms with Crippen LogP contribution >= 0.6 is 0 Å². The van der Waals surface area contributed by atoms with Gasteiger partial charge in [0.15, 0.2) is 0 Å². The van der Waals surface area contributed by atoms with Gasteiger partial charge in [0, 0.05) is 0 Å². The summed E-state index contributed by atoms with van der Waals surface area (Å²) in [6.07, 6.45) is 2.54. The number of aryl methyl sites for hydroxylation is 1. The first kappa shape index (κ1) is 8.86.